The molecule has 0 unspecified atom stereocenters. The van der Waals surface area contributed by atoms with E-state index >= 15 is 0 Å². The fraction of sp³-hybridized carbons (Fsp3) is 0.481. The first-order chi connectivity index (χ1) is 18.4. The van der Waals surface area contributed by atoms with Gasteiger partial charge in [0.15, 0.2) is 0 Å². The Hall–Kier alpha value is -4.02. The van der Waals surface area contributed by atoms with E-state index in [1.165, 1.54) is 15.5 Å². The van der Waals surface area contributed by atoms with E-state index in [0.717, 1.165) is 25.7 Å². The molecule has 3 heterocycles. The highest BCUT2D eigenvalue weighted by Crippen LogP contribution is 2.31. The van der Waals surface area contributed by atoms with E-state index in [1.54, 1.807) is 49.5 Å². The van der Waals surface area contributed by atoms with Crippen LogP contribution in [0.5, 0.6) is 5.75 Å². The minimum atomic E-state index is -0.333. The Morgan fingerprint density at radius 3 is 2.37 bits per heavy atom. The highest BCUT2D eigenvalue weighted by atomic mass is 16.5. The van der Waals surface area contributed by atoms with Crippen LogP contribution in [0.1, 0.15) is 36.2 Å². The maximum Gasteiger partial charge on any atom is 0.331 e. The molecule has 1 aliphatic carbocycles. The van der Waals surface area contributed by atoms with Crippen molar-refractivity contribution in [2.75, 3.05) is 33.3 Å². The van der Waals surface area contributed by atoms with Gasteiger partial charge in [-0.25, -0.2) is 14.8 Å². The minimum absolute atomic E-state index is 0.0733. The third-order valence-electron chi connectivity index (χ3n) is 7.87. The van der Waals surface area contributed by atoms with Crippen LogP contribution >= 0.6 is 0 Å². The third kappa shape index (κ3) is 4.92. The number of benzene rings is 1. The molecule has 5 rings (SSSR count). The van der Waals surface area contributed by atoms with Crippen LogP contribution in [0.4, 0.5) is 0 Å². The lowest BCUT2D eigenvalue weighted by Gasteiger charge is -2.37. The smallest absolute Gasteiger partial charge is 0.331 e. The first-order valence-corrected chi connectivity index (χ1v) is 13.0. The average Bonchev–Trinajstić information content (AvgIpc) is 2.98. The molecule has 0 bridgehead atoms. The van der Waals surface area contributed by atoms with Crippen LogP contribution < -0.4 is 16.0 Å². The fourth-order valence-electron chi connectivity index (χ4n) is 5.60. The molecule has 1 aliphatic heterocycles. The molecule has 0 atom stereocenters. The standard InChI is InChI=1S/C27H32N6O5/c1-30-23-8-7-20(38-2)15-21(23)25(35)33(27(30)37)16-18-3-5-19(6-4-18)24(34)31-11-13-32(14-12-31)26(36)22-9-10-28-17-29-22/h7-10,15,17-19H,3-6,11-14,16H2,1-2H3. The summed E-state index contributed by atoms with van der Waals surface area (Å²) in [5.74, 6) is 0.626. The van der Waals surface area contributed by atoms with Gasteiger partial charge in [-0.2, -0.15) is 0 Å². The number of piperazine rings is 1. The zero-order valence-corrected chi connectivity index (χ0v) is 21.7. The molecule has 0 N–H and O–H groups in total. The Kier molecular flexibility index (Phi) is 7.26. The van der Waals surface area contributed by atoms with Gasteiger partial charge in [-0.3, -0.25) is 23.5 Å². The summed E-state index contributed by atoms with van der Waals surface area (Å²) in [7, 11) is 3.21. The lowest BCUT2D eigenvalue weighted by atomic mass is 9.81. The molecule has 38 heavy (non-hydrogen) atoms. The Bertz CT molecular complexity index is 1450. The van der Waals surface area contributed by atoms with E-state index in [9.17, 15) is 19.2 Å². The van der Waals surface area contributed by atoms with Gasteiger partial charge in [-0.1, -0.05) is 0 Å². The molecule has 2 amide bonds. The van der Waals surface area contributed by atoms with Gasteiger partial charge in [0.1, 0.15) is 17.8 Å². The van der Waals surface area contributed by atoms with Crippen LogP contribution in [0.25, 0.3) is 10.9 Å². The maximum absolute atomic E-state index is 13.2. The molecule has 0 radical (unpaired) electrons. The van der Waals surface area contributed by atoms with Crippen LogP contribution in [0, 0.1) is 11.8 Å². The summed E-state index contributed by atoms with van der Waals surface area (Å²) in [5, 5.41) is 0.452. The Labute approximate surface area is 219 Å². The second kappa shape index (κ2) is 10.8. The van der Waals surface area contributed by atoms with Gasteiger partial charge < -0.3 is 14.5 Å². The topological polar surface area (TPSA) is 120 Å². The molecule has 2 aliphatic rings. The average molecular weight is 521 g/mol. The number of fused-ring (bicyclic) bond motifs is 1. The van der Waals surface area contributed by atoms with Crippen molar-refractivity contribution in [2.45, 2.75) is 32.2 Å². The summed E-state index contributed by atoms with van der Waals surface area (Å²) in [6.07, 6.45) is 5.89. The summed E-state index contributed by atoms with van der Waals surface area (Å²) in [4.78, 5) is 63.4. The first-order valence-electron chi connectivity index (χ1n) is 13.0. The zero-order valence-electron chi connectivity index (χ0n) is 21.7. The van der Waals surface area contributed by atoms with E-state index in [1.807, 2.05) is 4.90 Å². The van der Waals surface area contributed by atoms with Crippen LogP contribution in [0.15, 0.2) is 46.4 Å². The van der Waals surface area contributed by atoms with Crippen LogP contribution in [-0.4, -0.2) is 74.0 Å². The monoisotopic (exact) mass is 520 g/mol. The molecule has 3 aromatic rings. The summed E-state index contributed by atoms with van der Waals surface area (Å²) in [5.41, 5.74) is 0.289. The molecule has 2 fully saturated rings. The van der Waals surface area contributed by atoms with Crippen molar-refractivity contribution in [1.82, 2.24) is 28.9 Å². The van der Waals surface area contributed by atoms with Gasteiger partial charge in [0, 0.05) is 51.9 Å². The van der Waals surface area contributed by atoms with Crippen molar-refractivity contribution in [3.63, 3.8) is 0 Å². The van der Waals surface area contributed by atoms with Crippen molar-refractivity contribution in [1.29, 1.82) is 0 Å². The number of hydrogen-bond acceptors (Lipinski definition) is 7. The Balaban J connectivity index is 1.18. The Morgan fingerprint density at radius 2 is 1.71 bits per heavy atom. The summed E-state index contributed by atoms with van der Waals surface area (Å²) in [6.45, 7) is 2.29. The normalized spacial score (nSPS) is 19.9. The molecule has 1 saturated carbocycles. The van der Waals surface area contributed by atoms with Crippen LogP contribution in [-0.2, 0) is 18.4 Å². The minimum Gasteiger partial charge on any atom is -0.497 e. The van der Waals surface area contributed by atoms with Gasteiger partial charge >= 0.3 is 5.69 Å². The van der Waals surface area contributed by atoms with E-state index < -0.39 is 0 Å². The molecular formula is C27H32N6O5. The van der Waals surface area contributed by atoms with Crippen molar-refractivity contribution >= 4 is 22.7 Å². The summed E-state index contributed by atoms with van der Waals surface area (Å²) < 4.78 is 8.09. The second-order valence-electron chi connectivity index (χ2n) is 10.1. The number of amides is 2. The van der Waals surface area contributed by atoms with Gasteiger partial charge in [-0.15, -0.1) is 0 Å². The Morgan fingerprint density at radius 1 is 1.00 bits per heavy atom. The van der Waals surface area contributed by atoms with Gasteiger partial charge in [-0.05, 0) is 55.9 Å². The van der Waals surface area contributed by atoms with E-state index in [0.29, 0.717) is 55.1 Å². The van der Waals surface area contributed by atoms with E-state index in [4.69, 9.17) is 4.74 Å². The summed E-state index contributed by atoms with van der Waals surface area (Å²) in [6, 6.07) is 6.73. The number of methoxy groups -OCH3 is 1. The fourth-order valence-corrected chi connectivity index (χ4v) is 5.60. The van der Waals surface area contributed by atoms with E-state index in [-0.39, 0.29) is 34.9 Å². The summed E-state index contributed by atoms with van der Waals surface area (Å²) >= 11 is 0. The van der Waals surface area contributed by atoms with E-state index in [2.05, 4.69) is 9.97 Å². The van der Waals surface area contributed by atoms with Gasteiger partial charge in [0.2, 0.25) is 5.91 Å². The molecule has 11 nitrogen and oxygen atoms in total. The molecular weight excluding hydrogens is 488 g/mol. The van der Waals surface area contributed by atoms with Crippen molar-refractivity contribution in [3.8, 4) is 5.75 Å². The number of rotatable bonds is 5. The lowest BCUT2D eigenvalue weighted by Crippen LogP contribution is -2.52. The highest BCUT2D eigenvalue weighted by Gasteiger charge is 2.32. The third-order valence-corrected chi connectivity index (χ3v) is 7.87. The van der Waals surface area contributed by atoms with Gasteiger partial charge in [0.25, 0.3) is 11.5 Å². The maximum atomic E-state index is 13.2. The second-order valence-corrected chi connectivity index (χ2v) is 10.1. The first kappa shape index (κ1) is 25.6. The quantitative estimate of drug-likeness (QED) is 0.497. The lowest BCUT2D eigenvalue weighted by molar-refractivity contribution is -0.138. The predicted molar refractivity (Wildman–Crippen MR) is 140 cm³/mol. The number of nitrogens with zero attached hydrogens (tertiary/aromatic N) is 6. The van der Waals surface area contributed by atoms with Crippen LogP contribution in [0.3, 0.4) is 0 Å². The number of aromatic nitrogens is 4. The largest absolute Gasteiger partial charge is 0.497 e. The molecule has 1 saturated heterocycles. The predicted octanol–water partition coefficient (Wildman–Crippen LogP) is 1.29. The number of carbonyl (C=O) groups excluding carboxylic acids is 2. The number of hydrogen-bond donors (Lipinski definition) is 0. The SMILES string of the molecule is COc1ccc2c(c1)c(=O)n(CC1CCC(C(=O)N3CCN(C(=O)c4ccncn4)CC3)CC1)c(=O)n2C. The van der Waals surface area contributed by atoms with Crippen molar-refractivity contribution in [2.24, 2.45) is 18.9 Å². The molecule has 0 spiro atoms. The number of carbonyl (C=O) groups is 2. The molecule has 1 aromatic carbocycles. The number of ether oxygens (including phenoxy) is 1. The molecule has 200 valence electrons. The van der Waals surface area contributed by atoms with Crippen molar-refractivity contribution < 1.29 is 14.3 Å². The molecule has 11 heteroatoms. The zero-order chi connectivity index (χ0) is 26.8. The highest BCUT2D eigenvalue weighted by molar-refractivity contribution is 5.92. The van der Waals surface area contributed by atoms with Crippen LogP contribution in [0.2, 0.25) is 0 Å². The van der Waals surface area contributed by atoms with Gasteiger partial charge in [0.05, 0.1) is 18.0 Å². The molecule has 2 aromatic heterocycles. The van der Waals surface area contributed by atoms with Crippen molar-refractivity contribution in [3.05, 3.63) is 63.3 Å². The number of aryl methyl sites for hydroxylation is 1.